The van der Waals surface area contributed by atoms with Gasteiger partial charge in [-0.05, 0) is 37.5 Å². The van der Waals surface area contributed by atoms with E-state index < -0.39 is 0 Å². The molecule has 2 aromatic rings. The summed E-state index contributed by atoms with van der Waals surface area (Å²) in [7, 11) is 0. The Kier molecular flexibility index (Phi) is 5.26. The van der Waals surface area contributed by atoms with Gasteiger partial charge in [0, 0.05) is 18.8 Å². The van der Waals surface area contributed by atoms with Crippen molar-refractivity contribution in [3.05, 3.63) is 42.2 Å². The van der Waals surface area contributed by atoms with Crippen molar-refractivity contribution < 1.29 is 4.74 Å². The fourth-order valence-corrected chi connectivity index (χ4v) is 2.06. The minimum absolute atomic E-state index is 0.235. The van der Waals surface area contributed by atoms with Crippen LogP contribution in [-0.4, -0.2) is 16.4 Å². The van der Waals surface area contributed by atoms with Gasteiger partial charge in [-0.15, -0.1) is 0 Å². The Bertz CT molecular complexity index is 545. The summed E-state index contributed by atoms with van der Waals surface area (Å²) in [5, 5.41) is 7.73. The molecule has 0 saturated carbocycles. The average Bonchev–Trinajstić information content (AvgIpc) is 2.93. The van der Waals surface area contributed by atoms with Crippen LogP contribution in [0.15, 0.2) is 36.7 Å². The van der Waals surface area contributed by atoms with Gasteiger partial charge in [-0.3, -0.25) is 4.68 Å². The molecule has 0 bridgehead atoms. The van der Waals surface area contributed by atoms with Gasteiger partial charge >= 0.3 is 0 Å². The van der Waals surface area contributed by atoms with Crippen molar-refractivity contribution in [1.29, 1.82) is 0 Å². The second kappa shape index (κ2) is 7.16. The molecule has 1 atom stereocenters. The van der Waals surface area contributed by atoms with E-state index in [-0.39, 0.29) is 6.04 Å². The molecule has 0 radical (unpaired) electrons. The number of benzene rings is 1. The fourth-order valence-electron chi connectivity index (χ4n) is 2.06. The number of rotatable bonds is 7. The van der Waals surface area contributed by atoms with Gasteiger partial charge in [-0.2, -0.15) is 5.10 Å². The van der Waals surface area contributed by atoms with Gasteiger partial charge in [0.2, 0.25) is 0 Å². The van der Waals surface area contributed by atoms with Crippen LogP contribution >= 0.6 is 0 Å². The SMILES string of the molecule is CCn1cc(NC(C)c2ccc(OCC(C)C)cc2)cn1. The predicted molar refractivity (Wildman–Crippen MR) is 86.7 cm³/mol. The third-order valence-electron chi connectivity index (χ3n) is 3.30. The van der Waals surface area contributed by atoms with Crippen LogP contribution in [0.4, 0.5) is 5.69 Å². The Hall–Kier alpha value is -1.97. The fraction of sp³-hybridized carbons (Fsp3) is 0.471. The largest absolute Gasteiger partial charge is 0.493 e. The van der Waals surface area contributed by atoms with Crippen LogP contribution in [0.2, 0.25) is 0 Å². The van der Waals surface area contributed by atoms with Crippen LogP contribution in [0, 0.1) is 5.92 Å². The first kappa shape index (κ1) is 15.4. The molecule has 0 fully saturated rings. The second-order valence-electron chi connectivity index (χ2n) is 5.72. The van der Waals surface area contributed by atoms with Gasteiger partial charge < -0.3 is 10.1 Å². The van der Waals surface area contributed by atoms with Crippen molar-refractivity contribution in [2.75, 3.05) is 11.9 Å². The summed E-state index contributed by atoms with van der Waals surface area (Å²) in [4.78, 5) is 0. The standard InChI is InChI=1S/C17H25N3O/c1-5-20-11-16(10-18-20)19-14(4)15-6-8-17(9-7-15)21-12-13(2)3/h6-11,13-14,19H,5,12H2,1-4H3. The van der Waals surface area contributed by atoms with Crippen LogP contribution in [0.1, 0.15) is 39.3 Å². The second-order valence-corrected chi connectivity index (χ2v) is 5.72. The summed E-state index contributed by atoms with van der Waals surface area (Å²) < 4.78 is 7.62. The molecular formula is C17H25N3O. The molecule has 1 N–H and O–H groups in total. The third-order valence-corrected chi connectivity index (χ3v) is 3.30. The monoisotopic (exact) mass is 287 g/mol. The summed E-state index contributed by atoms with van der Waals surface area (Å²) in [5.74, 6) is 1.47. The molecule has 0 aliphatic rings. The molecule has 0 aliphatic heterocycles. The van der Waals surface area contributed by atoms with Crippen molar-refractivity contribution in [3.63, 3.8) is 0 Å². The zero-order valence-electron chi connectivity index (χ0n) is 13.3. The molecule has 1 aromatic carbocycles. The molecule has 2 rings (SSSR count). The number of hydrogen-bond donors (Lipinski definition) is 1. The van der Waals surface area contributed by atoms with Crippen LogP contribution < -0.4 is 10.1 Å². The maximum absolute atomic E-state index is 5.70. The highest BCUT2D eigenvalue weighted by Gasteiger charge is 2.07. The summed E-state index contributed by atoms with van der Waals surface area (Å²) in [6, 6.07) is 8.52. The lowest BCUT2D eigenvalue weighted by Gasteiger charge is -2.15. The zero-order chi connectivity index (χ0) is 15.2. The van der Waals surface area contributed by atoms with E-state index in [0.29, 0.717) is 5.92 Å². The number of ether oxygens (including phenoxy) is 1. The van der Waals surface area contributed by atoms with Gasteiger partial charge in [0.25, 0.3) is 0 Å². The van der Waals surface area contributed by atoms with Crippen molar-refractivity contribution >= 4 is 5.69 Å². The van der Waals surface area contributed by atoms with Gasteiger partial charge in [0.05, 0.1) is 18.5 Å². The average molecular weight is 287 g/mol. The molecule has 0 saturated heterocycles. The van der Waals surface area contributed by atoms with Gasteiger partial charge in [-0.1, -0.05) is 26.0 Å². The van der Waals surface area contributed by atoms with Gasteiger partial charge in [0.15, 0.2) is 0 Å². The van der Waals surface area contributed by atoms with Gasteiger partial charge in [0.1, 0.15) is 5.75 Å². The van der Waals surface area contributed by atoms with Crippen LogP contribution in [0.3, 0.4) is 0 Å². The number of nitrogens with one attached hydrogen (secondary N) is 1. The molecule has 4 heteroatoms. The third kappa shape index (κ3) is 4.52. The van der Waals surface area contributed by atoms with E-state index in [1.807, 2.05) is 29.2 Å². The molecule has 1 unspecified atom stereocenters. The highest BCUT2D eigenvalue weighted by molar-refractivity contribution is 5.42. The van der Waals surface area contributed by atoms with Crippen molar-refractivity contribution in [3.8, 4) is 5.75 Å². The Morgan fingerprint density at radius 1 is 1.19 bits per heavy atom. The van der Waals surface area contributed by atoms with Crippen LogP contribution in [0.5, 0.6) is 5.75 Å². The lowest BCUT2D eigenvalue weighted by molar-refractivity contribution is 0.271. The van der Waals surface area contributed by atoms with Gasteiger partial charge in [-0.25, -0.2) is 0 Å². The summed E-state index contributed by atoms with van der Waals surface area (Å²) in [6.45, 7) is 10.2. The molecule has 21 heavy (non-hydrogen) atoms. The molecule has 1 heterocycles. The molecule has 114 valence electrons. The summed E-state index contributed by atoms with van der Waals surface area (Å²) >= 11 is 0. The van der Waals surface area contributed by atoms with E-state index in [2.05, 4.69) is 50.2 Å². The number of nitrogens with zero attached hydrogens (tertiary/aromatic N) is 2. The van der Waals surface area contributed by atoms with E-state index >= 15 is 0 Å². The van der Waals surface area contributed by atoms with Crippen molar-refractivity contribution in [1.82, 2.24) is 9.78 Å². The van der Waals surface area contributed by atoms with E-state index in [0.717, 1.165) is 24.6 Å². The Morgan fingerprint density at radius 3 is 2.48 bits per heavy atom. The molecule has 0 aliphatic carbocycles. The highest BCUT2D eigenvalue weighted by Crippen LogP contribution is 2.21. The van der Waals surface area contributed by atoms with Crippen LogP contribution in [0.25, 0.3) is 0 Å². The minimum atomic E-state index is 0.235. The van der Waals surface area contributed by atoms with E-state index in [4.69, 9.17) is 4.74 Å². The lowest BCUT2D eigenvalue weighted by Crippen LogP contribution is -2.07. The van der Waals surface area contributed by atoms with E-state index in [9.17, 15) is 0 Å². The summed E-state index contributed by atoms with van der Waals surface area (Å²) in [5.41, 5.74) is 2.28. The van der Waals surface area contributed by atoms with E-state index in [1.165, 1.54) is 5.56 Å². The quantitative estimate of drug-likeness (QED) is 0.833. The molecular weight excluding hydrogens is 262 g/mol. The maximum Gasteiger partial charge on any atom is 0.119 e. The Balaban J connectivity index is 1.94. The zero-order valence-corrected chi connectivity index (χ0v) is 13.3. The number of aryl methyl sites for hydroxylation is 1. The Morgan fingerprint density at radius 2 is 1.90 bits per heavy atom. The minimum Gasteiger partial charge on any atom is -0.493 e. The first-order valence-corrected chi connectivity index (χ1v) is 7.60. The number of hydrogen-bond acceptors (Lipinski definition) is 3. The summed E-state index contributed by atoms with van der Waals surface area (Å²) in [6.07, 6.45) is 3.89. The maximum atomic E-state index is 5.70. The van der Waals surface area contributed by atoms with Crippen molar-refractivity contribution in [2.45, 2.75) is 40.3 Å². The lowest BCUT2D eigenvalue weighted by atomic mass is 10.1. The van der Waals surface area contributed by atoms with E-state index in [1.54, 1.807) is 0 Å². The molecule has 4 nitrogen and oxygen atoms in total. The molecule has 0 amide bonds. The molecule has 1 aromatic heterocycles. The normalized spacial score (nSPS) is 12.4. The topological polar surface area (TPSA) is 39.1 Å². The smallest absolute Gasteiger partial charge is 0.119 e. The number of anilines is 1. The molecule has 0 spiro atoms. The van der Waals surface area contributed by atoms with Crippen molar-refractivity contribution in [2.24, 2.45) is 5.92 Å². The number of aromatic nitrogens is 2. The predicted octanol–water partition coefficient (Wildman–Crippen LogP) is 4.11. The first-order chi connectivity index (χ1) is 10.1. The Labute approximate surface area is 127 Å². The highest BCUT2D eigenvalue weighted by atomic mass is 16.5. The first-order valence-electron chi connectivity index (χ1n) is 7.60. The van der Waals surface area contributed by atoms with Crippen LogP contribution in [-0.2, 0) is 6.54 Å².